The first-order valence-electron chi connectivity index (χ1n) is 9.43. The van der Waals surface area contributed by atoms with Crippen LogP contribution in [0.15, 0.2) is 60.1 Å². The van der Waals surface area contributed by atoms with Crippen LogP contribution in [0.1, 0.15) is 43.0 Å². The maximum absolute atomic E-state index is 13.1. The van der Waals surface area contributed by atoms with Gasteiger partial charge in [0, 0.05) is 25.4 Å². The highest BCUT2D eigenvalue weighted by Crippen LogP contribution is 2.39. The molecule has 0 fully saturated rings. The Kier molecular flexibility index (Phi) is 5.96. The third-order valence-electron chi connectivity index (χ3n) is 4.81. The summed E-state index contributed by atoms with van der Waals surface area (Å²) in [7, 11) is 0. The first-order chi connectivity index (χ1) is 14.1. The van der Waals surface area contributed by atoms with Gasteiger partial charge in [0.05, 0.1) is 17.2 Å². The fourth-order valence-electron chi connectivity index (χ4n) is 3.51. The predicted molar refractivity (Wildman–Crippen MR) is 103 cm³/mol. The average molecular weight is 418 g/mol. The van der Waals surface area contributed by atoms with E-state index in [4.69, 9.17) is 0 Å². The lowest BCUT2D eigenvalue weighted by atomic mass is 9.93. The molecule has 1 aliphatic heterocycles. The van der Waals surface area contributed by atoms with Crippen molar-refractivity contribution in [3.63, 3.8) is 0 Å². The summed E-state index contributed by atoms with van der Waals surface area (Å²) in [4.78, 5) is 30.8. The van der Waals surface area contributed by atoms with Gasteiger partial charge in [0.15, 0.2) is 11.5 Å². The minimum atomic E-state index is -4.52. The van der Waals surface area contributed by atoms with Crippen molar-refractivity contribution in [2.45, 2.75) is 39.0 Å². The van der Waals surface area contributed by atoms with Crippen LogP contribution < -0.4 is 0 Å². The van der Waals surface area contributed by atoms with E-state index >= 15 is 0 Å². The fraction of sp³-hybridized carbons (Fsp3) is 0.318. The molecule has 0 aliphatic carbocycles. The number of carbonyl (C=O) groups is 2. The van der Waals surface area contributed by atoms with Crippen molar-refractivity contribution in [2.75, 3.05) is 0 Å². The minimum Gasteiger partial charge on any atom is -0.503 e. The Hall–Kier alpha value is -3.16. The van der Waals surface area contributed by atoms with Crippen LogP contribution in [0.5, 0.6) is 0 Å². The molecule has 0 bridgehead atoms. The van der Waals surface area contributed by atoms with E-state index in [0.29, 0.717) is 5.56 Å². The summed E-state index contributed by atoms with van der Waals surface area (Å²) >= 11 is 0. The molecule has 30 heavy (non-hydrogen) atoms. The number of amides is 1. The van der Waals surface area contributed by atoms with Crippen LogP contribution in [-0.2, 0) is 22.3 Å². The van der Waals surface area contributed by atoms with E-state index in [-0.39, 0.29) is 35.8 Å². The summed E-state index contributed by atoms with van der Waals surface area (Å²) in [6, 6.07) is 6.99. The van der Waals surface area contributed by atoms with E-state index in [1.165, 1.54) is 29.4 Å². The predicted octanol–water partition coefficient (Wildman–Crippen LogP) is 4.61. The lowest BCUT2D eigenvalue weighted by Crippen LogP contribution is -2.31. The smallest absolute Gasteiger partial charge is 0.416 e. The molecule has 1 aromatic heterocycles. The number of rotatable bonds is 6. The van der Waals surface area contributed by atoms with Crippen molar-refractivity contribution >= 4 is 11.7 Å². The average Bonchev–Trinajstić information content (AvgIpc) is 2.93. The Morgan fingerprint density at radius 3 is 2.57 bits per heavy atom. The summed E-state index contributed by atoms with van der Waals surface area (Å²) < 4.78 is 39.2. The second-order valence-electron chi connectivity index (χ2n) is 7.60. The van der Waals surface area contributed by atoms with Gasteiger partial charge in [-0.2, -0.15) is 13.2 Å². The summed E-state index contributed by atoms with van der Waals surface area (Å²) in [5, 5.41) is 10.5. The second-order valence-corrected chi connectivity index (χ2v) is 7.60. The molecular weight excluding hydrogens is 397 g/mol. The Balaban J connectivity index is 2.02. The van der Waals surface area contributed by atoms with Gasteiger partial charge in [-0.3, -0.25) is 14.6 Å². The van der Waals surface area contributed by atoms with Gasteiger partial charge >= 0.3 is 6.18 Å². The van der Waals surface area contributed by atoms with Crippen molar-refractivity contribution in [2.24, 2.45) is 5.92 Å². The number of aliphatic hydroxyl groups is 1. The lowest BCUT2D eigenvalue weighted by molar-refractivity contribution is -0.137. The zero-order valence-electron chi connectivity index (χ0n) is 16.5. The zero-order valence-corrected chi connectivity index (χ0v) is 16.5. The minimum absolute atomic E-state index is 0.0000301. The van der Waals surface area contributed by atoms with Gasteiger partial charge in [-0.15, -0.1) is 0 Å². The molecule has 2 heterocycles. The Morgan fingerprint density at radius 2 is 1.97 bits per heavy atom. The SMILES string of the molecule is CC(C)CC(=O)C1=C(O)C(=O)N(Cc2cccc(C(F)(F)F)c2)C1c1cccnc1. The zero-order chi connectivity index (χ0) is 22.1. The van der Waals surface area contributed by atoms with Crippen molar-refractivity contribution in [1.82, 2.24) is 9.88 Å². The number of Topliss-reactive ketones (excluding diaryl/α,β-unsaturated/α-hetero) is 1. The van der Waals surface area contributed by atoms with Gasteiger partial charge in [-0.1, -0.05) is 32.0 Å². The Morgan fingerprint density at radius 1 is 1.23 bits per heavy atom. The van der Waals surface area contributed by atoms with E-state index in [1.807, 2.05) is 13.8 Å². The molecule has 0 radical (unpaired) electrons. The molecule has 0 saturated carbocycles. The van der Waals surface area contributed by atoms with Gasteiger partial charge in [-0.25, -0.2) is 0 Å². The van der Waals surface area contributed by atoms with Gasteiger partial charge in [0.25, 0.3) is 5.91 Å². The van der Waals surface area contributed by atoms with Crippen molar-refractivity contribution < 1.29 is 27.9 Å². The largest absolute Gasteiger partial charge is 0.503 e. The maximum Gasteiger partial charge on any atom is 0.416 e. The Labute approximate surface area is 171 Å². The number of aromatic nitrogens is 1. The highest BCUT2D eigenvalue weighted by atomic mass is 19.4. The summed E-state index contributed by atoms with van der Waals surface area (Å²) in [6.45, 7) is 3.47. The number of alkyl halides is 3. The summed E-state index contributed by atoms with van der Waals surface area (Å²) in [5.41, 5.74) is -0.155. The van der Waals surface area contributed by atoms with Gasteiger partial charge in [0.2, 0.25) is 0 Å². The summed E-state index contributed by atoms with van der Waals surface area (Å²) in [5.74, 6) is -1.84. The van der Waals surface area contributed by atoms with Crippen LogP contribution in [0.3, 0.4) is 0 Å². The first kappa shape index (κ1) is 21.5. The number of hydrogen-bond donors (Lipinski definition) is 1. The Bertz CT molecular complexity index is 985. The number of halogens is 3. The van der Waals surface area contributed by atoms with Crippen molar-refractivity contribution in [1.29, 1.82) is 0 Å². The molecule has 158 valence electrons. The molecule has 0 saturated heterocycles. The second kappa shape index (κ2) is 8.30. The van der Waals surface area contributed by atoms with Gasteiger partial charge in [0.1, 0.15) is 0 Å². The number of carbonyl (C=O) groups excluding carboxylic acids is 2. The fourth-order valence-corrected chi connectivity index (χ4v) is 3.51. The van der Waals surface area contributed by atoms with E-state index < -0.39 is 29.4 Å². The molecule has 1 aromatic carbocycles. The number of hydrogen-bond acceptors (Lipinski definition) is 4. The van der Waals surface area contributed by atoms with Crippen LogP contribution in [0.4, 0.5) is 13.2 Å². The number of aliphatic hydroxyl groups excluding tert-OH is 1. The molecule has 0 spiro atoms. The van der Waals surface area contributed by atoms with Crippen LogP contribution in [0.25, 0.3) is 0 Å². The molecule has 3 rings (SSSR count). The maximum atomic E-state index is 13.1. The molecule has 1 atom stereocenters. The van der Waals surface area contributed by atoms with Gasteiger partial charge in [-0.05, 0) is 35.2 Å². The van der Waals surface area contributed by atoms with E-state index in [1.54, 1.807) is 12.1 Å². The van der Waals surface area contributed by atoms with Crippen LogP contribution in [0.2, 0.25) is 0 Å². The molecular formula is C22H21F3N2O3. The van der Waals surface area contributed by atoms with Gasteiger partial charge < -0.3 is 10.0 Å². The normalized spacial score (nSPS) is 17.2. The van der Waals surface area contributed by atoms with Crippen molar-refractivity contribution in [3.05, 3.63) is 76.8 Å². The number of benzene rings is 1. The number of ketones is 1. The van der Waals surface area contributed by atoms with E-state index in [2.05, 4.69) is 4.98 Å². The molecule has 5 nitrogen and oxygen atoms in total. The number of pyridine rings is 1. The molecule has 2 aromatic rings. The number of nitrogens with zero attached hydrogens (tertiary/aromatic N) is 2. The molecule has 1 amide bonds. The first-order valence-corrected chi connectivity index (χ1v) is 9.43. The standard InChI is InChI=1S/C22H21F3N2O3/c1-13(2)9-17(28)18-19(15-6-4-8-26-11-15)27(21(30)20(18)29)12-14-5-3-7-16(10-14)22(23,24)25/h3-8,10-11,13,19,29H,9,12H2,1-2H3. The highest BCUT2D eigenvalue weighted by Gasteiger charge is 2.43. The third-order valence-corrected chi connectivity index (χ3v) is 4.81. The van der Waals surface area contributed by atoms with Crippen LogP contribution in [-0.4, -0.2) is 26.7 Å². The summed E-state index contributed by atoms with van der Waals surface area (Å²) in [6.07, 6.45) is -1.40. The molecule has 8 heteroatoms. The third kappa shape index (κ3) is 4.37. The highest BCUT2D eigenvalue weighted by molar-refractivity contribution is 6.08. The molecule has 1 unspecified atom stereocenters. The van der Waals surface area contributed by atoms with Crippen molar-refractivity contribution in [3.8, 4) is 0 Å². The molecule has 1 aliphatic rings. The van der Waals surface area contributed by atoms with Crippen LogP contribution >= 0.6 is 0 Å². The van der Waals surface area contributed by atoms with Crippen LogP contribution in [0, 0.1) is 5.92 Å². The van der Waals surface area contributed by atoms with E-state index in [9.17, 15) is 27.9 Å². The quantitative estimate of drug-likeness (QED) is 0.744. The molecule has 1 N–H and O–H groups in total. The van der Waals surface area contributed by atoms with E-state index in [0.717, 1.165) is 12.1 Å². The monoisotopic (exact) mass is 418 g/mol. The lowest BCUT2D eigenvalue weighted by Gasteiger charge is -2.27. The topological polar surface area (TPSA) is 70.5 Å².